The molecule has 0 radical (unpaired) electrons. The summed E-state index contributed by atoms with van der Waals surface area (Å²) in [5.41, 5.74) is 3.15. The highest BCUT2D eigenvalue weighted by atomic mass is 14.9. The van der Waals surface area contributed by atoms with Crippen molar-refractivity contribution in [3.05, 3.63) is 47.5 Å². The minimum absolute atomic E-state index is 0.634. The van der Waals surface area contributed by atoms with Gasteiger partial charge in [-0.3, -0.25) is 0 Å². The van der Waals surface area contributed by atoms with E-state index in [9.17, 15) is 10.5 Å². The molecule has 84 valence electrons. The van der Waals surface area contributed by atoms with E-state index in [1.54, 1.807) is 12.1 Å². The van der Waals surface area contributed by atoms with Crippen LogP contribution in [0.5, 0.6) is 0 Å². The van der Waals surface area contributed by atoms with Crippen LogP contribution in [-0.4, -0.2) is 4.57 Å². The molecule has 0 atom stereocenters. The third-order valence-electron chi connectivity index (χ3n) is 3.29. The standard InChI is InChI=1S/C15H9N3/c1-18-13-7-3-4-10(8-16)14(13)12-6-2-5-11(9-17)15(12)18/h2-7H,1H3. The monoisotopic (exact) mass is 231 g/mol. The second-order valence-electron chi connectivity index (χ2n) is 4.18. The predicted octanol–water partition coefficient (Wildman–Crippen LogP) is 3.07. The van der Waals surface area contributed by atoms with Gasteiger partial charge in [0.15, 0.2) is 0 Å². The van der Waals surface area contributed by atoms with E-state index in [1.165, 1.54) is 0 Å². The summed E-state index contributed by atoms with van der Waals surface area (Å²) in [5, 5.41) is 20.3. The Morgan fingerprint density at radius 1 is 0.944 bits per heavy atom. The number of aromatic nitrogens is 1. The van der Waals surface area contributed by atoms with Crippen LogP contribution >= 0.6 is 0 Å². The molecule has 0 spiro atoms. The maximum absolute atomic E-state index is 9.21. The van der Waals surface area contributed by atoms with E-state index in [-0.39, 0.29) is 0 Å². The van der Waals surface area contributed by atoms with Crippen LogP contribution in [0.3, 0.4) is 0 Å². The quantitative estimate of drug-likeness (QED) is 0.597. The molecule has 3 aromatic rings. The lowest BCUT2D eigenvalue weighted by atomic mass is 10.1. The highest BCUT2D eigenvalue weighted by molar-refractivity contribution is 6.12. The Labute approximate surface area is 104 Å². The van der Waals surface area contributed by atoms with Crippen molar-refractivity contribution in [2.75, 3.05) is 0 Å². The smallest absolute Gasteiger partial charge is 0.101 e. The summed E-state index contributed by atoms with van der Waals surface area (Å²) < 4.78 is 1.98. The maximum atomic E-state index is 9.21. The van der Waals surface area contributed by atoms with Gasteiger partial charge in [-0.1, -0.05) is 18.2 Å². The van der Waals surface area contributed by atoms with Crippen LogP contribution in [0.4, 0.5) is 0 Å². The van der Waals surface area contributed by atoms with Crippen molar-refractivity contribution in [1.29, 1.82) is 10.5 Å². The Morgan fingerprint density at radius 3 is 2.33 bits per heavy atom. The second-order valence-corrected chi connectivity index (χ2v) is 4.18. The molecule has 0 N–H and O–H groups in total. The average Bonchev–Trinajstić information content (AvgIpc) is 2.73. The number of fused-ring (bicyclic) bond motifs is 3. The molecule has 0 unspecified atom stereocenters. The molecule has 0 saturated carbocycles. The minimum Gasteiger partial charge on any atom is -0.342 e. The fourth-order valence-corrected chi connectivity index (χ4v) is 2.51. The van der Waals surface area contributed by atoms with Crippen LogP contribution in [0.15, 0.2) is 36.4 Å². The minimum atomic E-state index is 0.634. The van der Waals surface area contributed by atoms with E-state index in [2.05, 4.69) is 12.1 Å². The third-order valence-corrected chi connectivity index (χ3v) is 3.29. The number of benzene rings is 2. The Bertz CT molecular complexity index is 857. The molecule has 0 saturated heterocycles. The average molecular weight is 231 g/mol. The molecule has 3 heteroatoms. The summed E-state index contributed by atoms with van der Waals surface area (Å²) in [6.45, 7) is 0. The van der Waals surface area contributed by atoms with Crippen molar-refractivity contribution in [2.45, 2.75) is 0 Å². The van der Waals surface area contributed by atoms with Crippen LogP contribution in [-0.2, 0) is 7.05 Å². The van der Waals surface area contributed by atoms with Gasteiger partial charge in [0, 0.05) is 17.8 Å². The van der Waals surface area contributed by atoms with Gasteiger partial charge in [0.25, 0.3) is 0 Å². The fraction of sp³-hybridized carbons (Fsp3) is 0.0667. The zero-order valence-electron chi connectivity index (χ0n) is 9.81. The normalized spacial score (nSPS) is 10.4. The van der Waals surface area contributed by atoms with Crippen molar-refractivity contribution < 1.29 is 0 Å². The molecule has 0 aliphatic carbocycles. The Hall–Kier alpha value is -2.78. The molecule has 1 aromatic heterocycles. The summed E-state index contributed by atoms with van der Waals surface area (Å²) in [4.78, 5) is 0. The molecule has 1 heterocycles. The topological polar surface area (TPSA) is 52.5 Å². The molecule has 3 rings (SSSR count). The Kier molecular flexibility index (Phi) is 2.08. The van der Waals surface area contributed by atoms with Gasteiger partial charge < -0.3 is 4.57 Å². The molecule has 0 aliphatic heterocycles. The van der Waals surface area contributed by atoms with Crippen molar-refractivity contribution in [1.82, 2.24) is 4.57 Å². The van der Waals surface area contributed by atoms with Crippen LogP contribution in [0, 0.1) is 22.7 Å². The molecule has 0 amide bonds. The first-order chi connectivity index (χ1) is 8.77. The molecule has 3 nitrogen and oxygen atoms in total. The summed E-state index contributed by atoms with van der Waals surface area (Å²) >= 11 is 0. The van der Waals surface area contributed by atoms with Crippen LogP contribution in [0.2, 0.25) is 0 Å². The van der Waals surface area contributed by atoms with Gasteiger partial charge >= 0.3 is 0 Å². The number of nitriles is 2. The Balaban J connectivity index is 2.70. The molecule has 0 aliphatic rings. The fourth-order valence-electron chi connectivity index (χ4n) is 2.51. The van der Waals surface area contributed by atoms with Crippen LogP contribution in [0.25, 0.3) is 21.8 Å². The first-order valence-electron chi connectivity index (χ1n) is 5.58. The Morgan fingerprint density at radius 2 is 1.61 bits per heavy atom. The molecular formula is C15H9N3. The van der Waals surface area contributed by atoms with Crippen molar-refractivity contribution >= 4 is 21.8 Å². The van der Waals surface area contributed by atoms with Crippen molar-refractivity contribution in [3.8, 4) is 12.1 Å². The molecule has 0 fully saturated rings. The van der Waals surface area contributed by atoms with E-state index < -0.39 is 0 Å². The summed E-state index contributed by atoms with van der Waals surface area (Å²) in [7, 11) is 1.92. The van der Waals surface area contributed by atoms with Gasteiger partial charge in [-0.2, -0.15) is 10.5 Å². The van der Waals surface area contributed by atoms with Gasteiger partial charge in [0.05, 0.1) is 28.2 Å². The number of nitrogens with zero attached hydrogens (tertiary/aromatic N) is 3. The lowest BCUT2D eigenvalue weighted by Gasteiger charge is -1.98. The predicted molar refractivity (Wildman–Crippen MR) is 69.9 cm³/mol. The number of aryl methyl sites for hydroxylation is 1. The summed E-state index contributed by atoms with van der Waals surface area (Å²) in [5.74, 6) is 0. The third kappa shape index (κ3) is 1.16. The molecule has 0 bridgehead atoms. The largest absolute Gasteiger partial charge is 0.342 e. The van der Waals surface area contributed by atoms with Gasteiger partial charge in [0.2, 0.25) is 0 Å². The number of hydrogen-bond donors (Lipinski definition) is 0. The van der Waals surface area contributed by atoms with E-state index in [0.29, 0.717) is 11.1 Å². The van der Waals surface area contributed by atoms with E-state index in [0.717, 1.165) is 21.8 Å². The highest BCUT2D eigenvalue weighted by Gasteiger charge is 2.13. The summed E-state index contributed by atoms with van der Waals surface area (Å²) in [6, 6.07) is 15.7. The SMILES string of the molecule is Cn1c2cccc(C#N)c2c2cccc(C#N)c21. The lowest BCUT2D eigenvalue weighted by Crippen LogP contribution is -1.89. The summed E-state index contributed by atoms with van der Waals surface area (Å²) in [6.07, 6.45) is 0. The van der Waals surface area contributed by atoms with Gasteiger partial charge in [0.1, 0.15) is 6.07 Å². The van der Waals surface area contributed by atoms with E-state index >= 15 is 0 Å². The zero-order valence-corrected chi connectivity index (χ0v) is 9.81. The zero-order chi connectivity index (χ0) is 12.7. The highest BCUT2D eigenvalue weighted by Crippen LogP contribution is 2.32. The van der Waals surface area contributed by atoms with Gasteiger partial charge in [-0.25, -0.2) is 0 Å². The first-order valence-corrected chi connectivity index (χ1v) is 5.58. The molecule has 18 heavy (non-hydrogen) atoms. The number of para-hydroxylation sites is 1. The number of hydrogen-bond acceptors (Lipinski definition) is 2. The van der Waals surface area contributed by atoms with E-state index in [1.807, 2.05) is 35.9 Å². The maximum Gasteiger partial charge on any atom is 0.101 e. The first kappa shape index (κ1) is 10.4. The lowest BCUT2D eigenvalue weighted by molar-refractivity contribution is 1.01. The molecular weight excluding hydrogens is 222 g/mol. The van der Waals surface area contributed by atoms with Gasteiger partial charge in [-0.15, -0.1) is 0 Å². The number of rotatable bonds is 0. The van der Waals surface area contributed by atoms with Crippen molar-refractivity contribution in [3.63, 3.8) is 0 Å². The van der Waals surface area contributed by atoms with E-state index in [4.69, 9.17) is 0 Å². The van der Waals surface area contributed by atoms with Crippen molar-refractivity contribution in [2.24, 2.45) is 7.05 Å². The van der Waals surface area contributed by atoms with Crippen LogP contribution < -0.4 is 0 Å². The molecule has 2 aromatic carbocycles. The van der Waals surface area contributed by atoms with Gasteiger partial charge in [-0.05, 0) is 18.2 Å². The van der Waals surface area contributed by atoms with Crippen LogP contribution in [0.1, 0.15) is 11.1 Å². The second kappa shape index (κ2) is 3.61.